The lowest BCUT2D eigenvalue weighted by molar-refractivity contribution is -0.122. The van der Waals surface area contributed by atoms with E-state index in [2.05, 4.69) is 10.2 Å². The number of nitrogens with zero attached hydrogens (tertiary/aromatic N) is 2. The summed E-state index contributed by atoms with van der Waals surface area (Å²) in [6.45, 7) is 5.02. The Morgan fingerprint density at radius 3 is 2.30 bits per heavy atom. The summed E-state index contributed by atoms with van der Waals surface area (Å²) in [4.78, 5) is 32.6. The fourth-order valence-corrected chi connectivity index (χ4v) is 5.45. The highest BCUT2D eigenvalue weighted by Gasteiger charge is 2.52. The highest BCUT2D eigenvalue weighted by Crippen LogP contribution is 2.46. The van der Waals surface area contributed by atoms with Crippen molar-refractivity contribution in [2.45, 2.75) is 18.9 Å². The first-order valence-electron chi connectivity index (χ1n) is 12.3. The molecular weight excluding hydrogens is 490 g/mol. The van der Waals surface area contributed by atoms with Crippen LogP contribution in [0.1, 0.15) is 28.4 Å². The van der Waals surface area contributed by atoms with Crippen molar-refractivity contribution in [1.29, 1.82) is 0 Å². The summed E-state index contributed by atoms with van der Waals surface area (Å²) in [5.74, 6) is 0.778. The zero-order valence-electron chi connectivity index (χ0n) is 21.2. The van der Waals surface area contributed by atoms with Crippen molar-refractivity contribution in [2.24, 2.45) is 0 Å². The summed E-state index contributed by atoms with van der Waals surface area (Å²) >= 11 is 6.61. The molecule has 2 heterocycles. The van der Waals surface area contributed by atoms with E-state index in [9.17, 15) is 9.59 Å². The molecule has 1 unspecified atom stereocenters. The number of amides is 1. The number of methoxy groups -OCH3 is 2. The molecule has 0 aromatic heterocycles. The van der Waals surface area contributed by atoms with Gasteiger partial charge in [-0.1, -0.05) is 41.9 Å². The third-order valence-electron chi connectivity index (χ3n) is 7.35. The van der Waals surface area contributed by atoms with Gasteiger partial charge in [-0.3, -0.25) is 9.59 Å². The first kappa shape index (κ1) is 25.1. The van der Waals surface area contributed by atoms with E-state index in [1.54, 1.807) is 56.4 Å². The van der Waals surface area contributed by atoms with Crippen molar-refractivity contribution >= 4 is 34.7 Å². The minimum absolute atomic E-state index is 0.232. The molecule has 0 radical (unpaired) electrons. The number of ketones is 1. The number of halogens is 1. The third kappa shape index (κ3) is 4.32. The summed E-state index contributed by atoms with van der Waals surface area (Å²) in [6, 6.07) is 18.3. The van der Waals surface area contributed by atoms with Crippen LogP contribution in [0, 0.1) is 0 Å². The van der Waals surface area contributed by atoms with Crippen LogP contribution >= 0.6 is 11.6 Å². The number of nitrogens with one attached hydrogen (secondary N) is 1. The average Bonchev–Trinajstić information content (AvgIpc) is 2.94. The topological polar surface area (TPSA) is 71.1 Å². The molecule has 3 aromatic carbocycles. The molecule has 1 saturated heterocycles. The standard InChI is InChI=1S/C29H30ClN3O4/c1-29(20-8-10-22(36-2)11-9-20)27(34)26-23(32-14-12-31-13-15-32)16-21(30)17-24(26)33(28(29)35)18-19-6-4-5-7-25(19)37-3/h4-11,16-17,31H,12-15,18H2,1-3H3. The number of carbonyl (C=O) groups is 2. The predicted molar refractivity (Wildman–Crippen MR) is 145 cm³/mol. The number of ether oxygens (including phenoxy) is 2. The van der Waals surface area contributed by atoms with Gasteiger partial charge < -0.3 is 24.6 Å². The Labute approximate surface area is 221 Å². The normalized spacial score (nSPS) is 19.6. The van der Waals surface area contributed by atoms with Gasteiger partial charge in [0.1, 0.15) is 16.9 Å². The molecule has 1 atom stereocenters. The predicted octanol–water partition coefficient (Wildman–Crippen LogP) is 4.45. The minimum atomic E-state index is -1.43. The van der Waals surface area contributed by atoms with Gasteiger partial charge in [0.25, 0.3) is 0 Å². The Morgan fingerprint density at radius 2 is 1.62 bits per heavy atom. The number of fused-ring (bicyclic) bond motifs is 1. The molecule has 1 fully saturated rings. The minimum Gasteiger partial charge on any atom is -0.497 e. The molecule has 3 aromatic rings. The maximum Gasteiger partial charge on any atom is 0.245 e. The van der Waals surface area contributed by atoms with Gasteiger partial charge in [0.15, 0.2) is 5.78 Å². The molecule has 0 aliphatic carbocycles. The summed E-state index contributed by atoms with van der Waals surface area (Å²) in [7, 11) is 3.19. The van der Waals surface area contributed by atoms with Crippen LogP contribution in [0.25, 0.3) is 0 Å². The molecule has 2 aliphatic rings. The van der Waals surface area contributed by atoms with Gasteiger partial charge in [-0.25, -0.2) is 0 Å². The zero-order chi connectivity index (χ0) is 26.2. The summed E-state index contributed by atoms with van der Waals surface area (Å²) in [6.07, 6.45) is 0. The van der Waals surface area contributed by atoms with E-state index in [0.29, 0.717) is 33.3 Å². The molecular formula is C29H30ClN3O4. The largest absolute Gasteiger partial charge is 0.497 e. The fraction of sp³-hybridized carbons (Fsp3) is 0.310. The first-order valence-corrected chi connectivity index (χ1v) is 12.7. The molecule has 1 N–H and O–H groups in total. The van der Waals surface area contributed by atoms with Crippen LogP contribution in [-0.4, -0.2) is 52.1 Å². The molecule has 8 heteroatoms. The van der Waals surface area contributed by atoms with Crippen LogP contribution in [0.2, 0.25) is 5.02 Å². The van der Waals surface area contributed by atoms with E-state index in [0.717, 1.165) is 37.4 Å². The number of para-hydroxylation sites is 1. The average molecular weight is 520 g/mol. The van der Waals surface area contributed by atoms with Crippen LogP contribution in [0.5, 0.6) is 11.5 Å². The highest BCUT2D eigenvalue weighted by molar-refractivity contribution is 6.34. The van der Waals surface area contributed by atoms with Crippen LogP contribution < -0.4 is 24.6 Å². The van der Waals surface area contributed by atoms with E-state index >= 15 is 0 Å². The second-order valence-corrected chi connectivity index (χ2v) is 9.88. The Bertz CT molecular complexity index is 1340. The lowest BCUT2D eigenvalue weighted by atomic mass is 9.71. The van der Waals surface area contributed by atoms with Gasteiger partial charge in [0, 0.05) is 36.8 Å². The number of hydrogen-bond acceptors (Lipinski definition) is 6. The molecule has 0 spiro atoms. The van der Waals surface area contributed by atoms with Crippen molar-refractivity contribution < 1.29 is 19.1 Å². The second-order valence-electron chi connectivity index (χ2n) is 9.44. The quantitative estimate of drug-likeness (QED) is 0.485. The SMILES string of the molecule is COc1ccc(C2(C)C(=O)c3c(N4CCNCC4)cc(Cl)cc3N(Cc3ccccc3OC)C2=O)cc1. The molecule has 1 amide bonds. The molecule has 0 bridgehead atoms. The van der Waals surface area contributed by atoms with E-state index in [1.165, 1.54) is 0 Å². The van der Waals surface area contributed by atoms with E-state index < -0.39 is 5.41 Å². The Kier molecular flexibility index (Phi) is 6.84. The number of piperazine rings is 1. The van der Waals surface area contributed by atoms with Gasteiger partial charge in [0.05, 0.1) is 37.7 Å². The Morgan fingerprint density at radius 1 is 0.946 bits per heavy atom. The van der Waals surface area contributed by atoms with E-state index in [1.807, 2.05) is 30.3 Å². The molecule has 0 saturated carbocycles. The van der Waals surface area contributed by atoms with Gasteiger partial charge in [-0.2, -0.15) is 0 Å². The molecule has 2 aliphatic heterocycles. The van der Waals surface area contributed by atoms with E-state index in [-0.39, 0.29) is 18.2 Å². The van der Waals surface area contributed by atoms with E-state index in [4.69, 9.17) is 21.1 Å². The van der Waals surface area contributed by atoms with Gasteiger partial charge in [-0.15, -0.1) is 0 Å². The summed E-state index contributed by atoms with van der Waals surface area (Å²) < 4.78 is 10.9. The van der Waals surface area contributed by atoms with Crippen LogP contribution in [0.3, 0.4) is 0 Å². The first-order chi connectivity index (χ1) is 17.9. The molecule has 5 rings (SSSR count). The number of rotatable bonds is 6. The number of anilines is 2. The van der Waals surface area contributed by atoms with Crippen LogP contribution in [-0.2, 0) is 16.8 Å². The van der Waals surface area contributed by atoms with Gasteiger partial charge >= 0.3 is 0 Å². The zero-order valence-corrected chi connectivity index (χ0v) is 22.0. The number of carbonyl (C=O) groups excluding carboxylic acids is 2. The Balaban J connectivity index is 1.72. The van der Waals surface area contributed by atoms with Gasteiger partial charge in [-0.05, 0) is 42.8 Å². The van der Waals surface area contributed by atoms with Gasteiger partial charge in [0.2, 0.25) is 5.91 Å². The highest BCUT2D eigenvalue weighted by atomic mass is 35.5. The number of Topliss-reactive ketones (excluding diaryl/α,β-unsaturated/α-hetero) is 1. The molecule has 192 valence electrons. The third-order valence-corrected chi connectivity index (χ3v) is 7.57. The molecule has 7 nitrogen and oxygen atoms in total. The fourth-order valence-electron chi connectivity index (χ4n) is 5.25. The lowest BCUT2D eigenvalue weighted by Gasteiger charge is -2.42. The van der Waals surface area contributed by atoms with Crippen LogP contribution in [0.4, 0.5) is 11.4 Å². The summed E-state index contributed by atoms with van der Waals surface area (Å²) in [5.41, 5.74) is 1.80. The van der Waals surface area contributed by atoms with Crippen LogP contribution in [0.15, 0.2) is 60.7 Å². The monoisotopic (exact) mass is 519 g/mol. The smallest absolute Gasteiger partial charge is 0.245 e. The van der Waals surface area contributed by atoms with Crippen molar-refractivity contribution in [1.82, 2.24) is 5.32 Å². The number of hydrogen-bond donors (Lipinski definition) is 1. The second kappa shape index (κ2) is 10.1. The van der Waals surface area contributed by atoms with Crippen molar-refractivity contribution in [3.8, 4) is 11.5 Å². The maximum atomic E-state index is 14.4. The Hall–Kier alpha value is -3.55. The lowest BCUT2D eigenvalue weighted by Crippen LogP contribution is -2.55. The van der Waals surface area contributed by atoms with Crippen molar-refractivity contribution in [3.05, 3.63) is 82.4 Å². The van der Waals surface area contributed by atoms with Crippen molar-refractivity contribution in [2.75, 3.05) is 50.2 Å². The summed E-state index contributed by atoms with van der Waals surface area (Å²) in [5, 5.41) is 3.83. The molecule has 37 heavy (non-hydrogen) atoms. The maximum absolute atomic E-state index is 14.4. The van der Waals surface area contributed by atoms with Crippen molar-refractivity contribution in [3.63, 3.8) is 0 Å². The number of benzene rings is 3.